The van der Waals surface area contributed by atoms with Crippen molar-refractivity contribution in [2.75, 3.05) is 5.32 Å². The van der Waals surface area contributed by atoms with Gasteiger partial charge >= 0.3 is 0 Å². The second-order valence-electron chi connectivity index (χ2n) is 6.48. The van der Waals surface area contributed by atoms with Gasteiger partial charge in [-0.3, -0.25) is 19.3 Å². The van der Waals surface area contributed by atoms with Crippen LogP contribution in [0.5, 0.6) is 0 Å². The van der Waals surface area contributed by atoms with E-state index in [0.717, 1.165) is 21.0 Å². The summed E-state index contributed by atoms with van der Waals surface area (Å²) in [7, 11) is 0. The summed E-state index contributed by atoms with van der Waals surface area (Å²) in [6.07, 6.45) is 0. The van der Waals surface area contributed by atoms with Crippen molar-refractivity contribution in [3.63, 3.8) is 0 Å². The van der Waals surface area contributed by atoms with Gasteiger partial charge in [0.1, 0.15) is 6.04 Å². The van der Waals surface area contributed by atoms with Crippen LogP contribution in [0.2, 0.25) is 0 Å². The van der Waals surface area contributed by atoms with Gasteiger partial charge in [0.25, 0.3) is 11.8 Å². The molecule has 0 radical (unpaired) electrons. The number of imide groups is 1. The molecule has 0 aliphatic carbocycles. The van der Waals surface area contributed by atoms with Gasteiger partial charge in [-0.05, 0) is 26.0 Å². The highest BCUT2D eigenvalue weighted by molar-refractivity contribution is 7.16. The third-order valence-electron chi connectivity index (χ3n) is 4.67. The van der Waals surface area contributed by atoms with E-state index >= 15 is 0 Å². The molecule has 1 aromatic heterocycles. The summed E-state index contributed by atoms with van der Waals surface area (Å²) in [6, 6.07) is 15.3. The highest BCUT2D eigenvalue weighted by Gasteiger charge is 2.40. The summed E-state index contributed by atoms with van der Waals surface area (Å²) in [4.78, 5) is 44.3. The Labute approximate surface area is 165 Å². The van der Waals surface area contributed by atoms with Crippen LogP contribution in [-0.2, 0) is 4.79 Å². The molecule has 1 atom stereocenters. The van der Waals surface area contributed by atoms with E-state index in [9.17, 15) is 14.4 Å². The Morgan fingerprint density at radius 3 is 2.18 bits per heavy atom. The summed E-state index contributed by atoms with van der Waals surface area (Å²) >= 11 is 1.35. The van der Waals surface area contributed by atoms with Crippen LogP contribution in [0.15, 0.2) is 54.6 Å². The van der Waals surface area contributed by atoms with E-state index in [4.69, 9.17) is 0 Å². The SMILES string of the molecule is Cc1sc(NC(=O)C(C)N2C(=O)c3ccccc3C2=O)nc1-c1ccccc1. The van der Waals surface area contributed by atoms with Gasteiger partial charge in [0.05, 0.1) is 16.8 Å². The minimum atomic E-state index is -0.947. The van der Waals surface area contributed by atoms with Crippen molar-refractivity contribution >= 4 is 34.2 Å². The second kappa shape index (κ2) is 7.01. The van der Waals surface area contributed by atoms with E-state index in [-0.39, 0.29) is 0 Å². The molecule has 1 aliphatic heterocycles. The molecule has 4 rings (SSSR count). The van der Waals surface area contributed by atoms with E-state index in [1.807, 2.05) is 37.3 Å². The molecule has 1 aliphatic rings. The van der Waals surface area contributed by atoms with Crippen LogP contribution in [0.25, 0.3) is 11.3 Å². The number of thiazole rings is 1. The van der Waals surface area contributed by atoms with Crippen LogP contribution in [-0.4, -0.2) is 33.6 Å². The molecule has 6 nitrogen and oxygen atoms in total. The predicted molar refractivity (Wildman–Crippen MR) is 107 cm³/mol. The second-order valence-corrected chi connectivity index (χ2v) is 7.68. The summed E-state index contributed by atoms with van der Waals surface area (Å²) in [6.45, 7) is 3.47. The lowest BCUT2D eigenvalue weighted by atomic mass is 10.1. The smallest absolute Gasteiger partial charge is 0.262 e. The van der Waals surface area contributed by atoms with Gasteiger partial charge < -0.3 is 5.32 Å². The number of amides is 3. The summed E-state index contributed by atoms with van der Waals surface area (Å²) in [5.41, 5.74) is 2.41. The zero-order valence-electron chi connectivity index (χ0n) is 15.3. The number of nitrogens with one attached hydrogen (secondary N) is 1. The molecule has 0 saturated heterocycles. The fourth-order valence-corrected chi connectivity index (χ4v) is 4.04. The van der Waals surface area contributed by atoms with E-state index < -0.39 is 23.8 Å². The van der Waals surface area contributed by atoms with E-state index in [1.165, 1.54) is 18.3 Å². The monoisotopic (exact) mass is 391 g/mol. The minimum absolute atomic E-state index is 0.323. The van der Waals surface area contributed by atoms with Gasteiger partial charge in [-0.1, -0.05) is 42.5 Å². The molecule has 7 heteroatoms. The fourth-order valence-electron chi connectivity index (χ4n) is 3.20. The molecule has 3 amide bonds. The Kier molecular flexibility index (Phi) is 4.52. The Hall–Kier alpha value is -3.32. The van der Waals surface area contributed by atoms with Crippen molar-refractivity contribution in [1.29, 1.82) is 0 Å². The summed E-state index contributed by atoms with van der Waals surface area (Å²) in [5, 5.41) is 3.17. The molecule has 3 aromatic rings. The average molecular weight is 391 g/mol. The number of aryl methyl sites for hydroxylation is 1. The third kappa shape index (κ3) is 2.99. The first kappa shape index (κ1) is 18.1. The maximum atomic E-state index is 12.7. The van der Waals surface area contributed by atoms with Gasteiger partial charge in [-0.25, -0.2) is 4.98 Å². The molecule has 1 unspecified atom stereocenters. The van der Waals surface area contributed by atoms with Gasteiger partial charge in [-0.2, -0.15) is 0 Å². The van der Waals surface area contributed by atoms with Crippen LogP contribution in [0.4, 0.5) is 5.13 Å². The standard InChI is InChI=1S/C21H17N3O3S/c1-12(24-19(26)15-10-6-7-11-16(15)20(24)27)18(25)23-21-22-17(13(2)28-21)14-8-4-3-5-9-14/h3-12H,1-2H3,(H,22,23,25). The maximum absolute atomic E-state index is 12.7. The molecular formula is C21H17N3O3S. The number of benzene rings is 2. The summed E-state index contributed by atoms with van der Waals surface area (Å²) < 4.78 is 0. The lowest BCUT2D eigenvalue weighted by molar-refractivity contribution is -0.119. The van der Waals surface area contributed by atoms with Crippen LogP contribution < -0.4 is 5.32 Å². The molecule has 0 bridgehead atoms. The lowest BCUT2D eigenvalue weighted by Gasteiger charge is -2.21. The number of rotatable bonds is 4. The fraction of sp³-hybridized carbons (Fsp3) is 0.143. The Balaban J connectivity index is 1.54. The predicted octanol–water partition coefficient (Wildman–Crippen LogP) is 3.74. The quantitative estimate of drug-likeness (QED) is 0.687. The van der Waals surface area contributed by atoms with Crippen LogP contribution in [0, 0.1) is 6.92 Å². The topological polar surface area (TPSA) is 79.4 Å². The van der Waals surface area contributed by atoms with Crippen LogP contribution >= 0.6 is 11.3 Å². The number of carbonyl (C=O) groups is 3. The van der Waals surface area contributed by atoms with Crippen molar-refractivity contribution in [3.8, 4) is 11.3 Å². The third-order valence-corrected chi connectivity index (χ3v) is 5.55. The number of hydrogen-bond donors (Lipinski definition) is 1. The minimum Gasteiger partial charge on any atom is -0.300 e. The number of hydrogen-bond acceptors (Lipinski definition) is 5. The Morgan fingerprint density at radius 1 is 1.00 bits per heavy atom. The molecule has 2 aromatic carbocycles. The van der Waals surface area contributed by atoms with Gasteiger partial charge in [0.2, 0.25) is 5.91 Å². The molecule has 0 fully saturated rings. The number of aromatic nitrogens is 1. The first-order valence-electron chi connectivity index (χ1n) is 8.78. The average Bonchev–Trinajstić information content (AvgIpc) is 3.19. The van der Waals surface area contributed by atoms with Crippen molar-refractivity contribution in [3.05, 3.63) is 70.6 Å². The van der Waals surface area contributed by atoms with Crippen molar-refractivity contribution in [2.24, 2.45) is 0 Å². The molecule has 0 spiro atoms. The highest BCUT2D eigenvalue weighted by atomic mass is 32.1. The first-order chi connectivity index (χ1) is 13.5. The van der Waals surface area contributed by atoms with Crippen molar-refractivity contribution in [2.45, 2.75) is 19.9 Å². The maximum Gasteiger partial charge on any atom is 0.262 e. The van der Waals surface area contributed by atoms with Gasteiger partial charge in [0.15, 0.2) is 5.13 Å². The normalized spacial score (nSPS) is 14.1. The molecule has 140 valence electrons. The van der Waals surface area contributed by atoms with Crippen LogP contribution in [0.3, 0.4) is 0 Å². The number of carbonyl (C=O) groups excluding carboxylic acids is 3. The molecule has 0 saturated carbocycles. The van der Waals surface area contributed by atoms with Crippen molar-refractivity contribution < 1.29 is 14.4 Å². The largest absolute Gasteiger partial charge is 0.300 e. The molecule has 2 heterocycles. The first-order valence-corrected chi connectivity index (χ1v) is 9.59. The van der Waals surface area contributed by atoms with Crippen molar-refractivity contribution in [1.82, 2.24) is 9.88 Å². The van der Waals surface area contributed by atoms with E-state index in [0.29, 0.717) is 16.3 Å². The number of fused-ring (bicyclic) bond motifs is 1. The van der Waals surface area contributed by atoms with Gasteiger partial charge in [-0.15, -0.1) is 11.3 Å². The number of anilines is 1. The highest BCUT2D eigenvalue weighted by Crippen LogP contribution is 2.31. The zero-order chi connectivity index (χ0) is 19.8. The molecule has 1 N–H and O–H groups in total. The molecular weight excluding hydrogens is 374 g/mol. The van der Waals surface area contributed by atoms with Crippen LogP contribution in [0.1, 0.15) is 32.5 Å². The van der Waals surface area contributed by atoms with E-state index in [2.05, 4.69) is 10.3 Å². The number of nitrogens with zero attached hydrogens (tertiary/aromatic N) is 2. The van der Waals surface area contributed by atoms with Gasteiger partial charge in [0, 0.05) is 10.4 Å². The Morgan fingerprint density at radius 2 is 1.57 bits per heavy atom. The van der Waals surface area contributed by atoms with E-state index in [1.54, 1.807) is 24.3 Å². The zero-order valence-corrected chi connectivity index (χ0v) is 16.1. The lowest BCUT2D eigenvalue weighted by Crippen LogP contribution is -2.45. The molecule has 28 heavy (non-hydrogen) atoms. The Bertz CT molecular complexity index is 1060. The summed E-state index contributed by atoms with van der Waals surface area (Å²) in [5.74, 6) is -1.37.